The summed E-state index contributed by atoms with van der Waals surface area (Å²) in [6.07, 6.45) is 2.99. The Morgan fingerprint density at radius 3 is 2.36 bits per heavy atom. The van der Waals surface area contributed by atoms with Gasteiger partial charge < -0.3 is 5.11 Å². The molecule has 0 aromatic carbocycles. The van der Waals surface area contributed by atoms with Gasteiger partial charge >= 0.3 is 5.97 Å². The fourth-order valence-corrected chi connectivity index (χ4v) is 3.06. The topological polar surface area (TPSA) is 37.3 Å². The lowest BCUT2D eigenvalue weighted by molar-refractivity contribution is -0.143. The van der Waals surface area contributed by atoms with E-state index in [-0.39, 0.29) is 5.92 Å². The number of hydrogen-bond donors (Lipinski definition) is 2. The van der Waals surface area contributed by atoms with Gasteiger partial charge in [-0.2, -0.15) is 12.6 Å². The molecule has 2 aliphatic rings. The zero-order chi connectivity index (χ0) is 8.01. The SMILES string of the molecule is O=C(O)C1CC2CC1CC2S. The third-order valence-corrected chi connectivity index (χ3v) is 3.77. The Balaban J connectivity index is 2.08. The van der Waals surface area contributed by atoms with Gasteiger partial charge in [-0.05, 0) is 31.1 Å². The molecule has 2 rings (SSSR count). The second-order valence-electron chi connectivity index (χ2n) is 3.74. The van der Waals surface area contributed by atoms with Crippen LogP contribution in [0.25, 0.3) is 0 Å². The highest BCUT2D eigenvalue weighted by Crippen LogP contribution is 2.50. The van der Waals surface area contributed by atoms with E-state index in [1.165, 1.54) is 0 Å². The number of carboxylic acid groups (broad SMARTS) is 1. The second-order valence-corrected chi connectivity index (χ2v) is 4.40. The van der Waals surface area contributed by atoms with Gasteiger partial charge in [0.25, 0.3) is 0 Å². The molecule has 2 nitrogen and oxygen atoms in total. The highest BCUT2D eigenvalue weighted by molar-refractivity contribution is 7.81. The molecule has 0 aromatic heterocycles. The van der Waals surface area contributed by atoms with Gasteiger partial charge in [0.15, 0.2) is 0 Å². The molecule has 0 aromatic rings. The summed E-state index contributed by atoms with van der Waals surface area (Å²) in [5.74, 6) is 0.366. The summed E-state index contributed by atoms with van der Waals surface area (Å²) in [7, 11) is 0. The largest absolute Gasteiger partial charge is 0.481 e. The van der Waals surface area contributed by atoms with Crippen molar-refractivity contribution in [3.05, 3.63) is 0 Å². The molecule has 2 aliphatic carbocycles. The predicted molar refractivity (Wildman–Crippen MR) is 44.7 cm³/mol. The van der Waals surface area contributed by atoms with E-state index in [2.05, 4.69) is 12.6 Å². The Morgan fingerprint density at radius 1 is 1.27 bits per heavy atom. The molecule has 0 radical (unpaired) electrons. The molecule has 62 valence electrons. The van der Waals surface area contributed by atoms with Gasteiger partial charge in [-0.15, -0.1) is 0 Å². The lowest BCUT2D eigenvalue weighted by Gasteiger charge is -2.21. The first-order chi connectivity index (χ1) is 5.18. The lowest BCUT2D eigenvalue weighted by atomic mass is 9.89. The van der Waals surface area contributed by atoms with Gasteiger partial charge in [0.2, 0.25) is 0 Å². The van der Waals surface area contributed by atoms with E-state index in [0.717, 1.165) is 19.3 Å². The average Bonchev–Trinajstić information content (AvgIpc) is 2.43. The minimum Gasteiger partial charge on any atom is -0.481 e. The van der Waals surface area contributed by atoms with E-state index < -0.39 is 5.97 Å². The first-order valence-electron chi connectivity index (χ1n) is 4.09. The van der Waals surface area contributed by atoms with E-state index in [0.29, 0.717) is 17.1 Å². The van der Waals surface area contributed by atoms with Crippen molar-refractivity contribution < 1.29 is 9.90 Å². The van der Waals surface area contributed by atoms with Crippen LogP contribution in [0, 0.1) is 17.8 Å². The Bertz CT molecular complexity index is 191. The van der Waals surface area contributed by atoms with E-state index >= 15 is 0 Å². The van der Waals surface area contributed by atoms with Crippen molar-refractivity contribution in [1.29, 1.82) is 0 Å². The van der Waals surface area contributed by atoms with Gasteiger partial charge in [0.05, 0.1) is 5.92 Å². The third-order valence-electron chi connectivity index (χ3n) is 3.14. The number of aliphatic carboxylic acids is 1. The van der Waals surface area contributed by atoms with Gasteiger partial charge in [0, 0.05) is 5.25 Å². The summed E-state index contributed by atoms with van der Waals surface area (Å²) in [6, 6.07) is 0. The van der Waals surface area contributed by atoms with E-state index in [9.17, 15) is 4.79 Å². The number of rotatable bonds is 1. The van der Waals surface area contributed by atoms with Gasteiger partial charge in [-0.3, -0.25) is 4.79 Å². The first kappa shape index (κ1) is 7.47. The van der Waals surface area contributed by atoms with Crippen LogP contribution in [0.4, 0.5) is 0 Å². The molecule has 0 aliphatic heterocycles. The van der Waals surface area contributed by atoms with Crippen molar-refractivity contribution in [3.63, 3.8) is 0 Å². The molecule has 4 atom stereocenters. The molecule has 0 spiro atoms. The van der Waals surface area contributed by atoms with Crippen LogP contribution in [-0.4, -0.2) is 16.3 Å². The van der Waals surface area contributed by atoms with Crippen molar-refractivity contribution in [2.75, 3.05) is 0 Å². The lowest BCUT2D eigenvalue weighted by Crippen LogP contribution is -2.24. The van der Waals surface area contributed by atoms with Crippen LogP contribution in [-0.2, 0) is 4.79 Å². The van der Waals surface area contributed by atoms with Crippen LogP contribution >= 0.6 is 12.6 Å². The third kappa shape index (κ3) is 1.06. The van der Waals surface area contributed by atoms with Crippen molar-refractivity contribution in [2.45, 2.75) is 24.5 Å². The fourth-order valence-electron chi connectivity index (χ4n) is 2.55. The van der Waals surface area contributed by atoms with Crippen molar-refractivity contribution in [3.8, 4) is 0 Å². The summed E-state index contributed by atoms with van der Waals surface area (Å²) in [6.45, 7) is 0. The highest BCUT2D eigenvalue weighted by atomic mass is 32.1. The van der Waals surface area contributed by atoms with Gasteiger partial charge in [-0.25, -0.2) is 0 Å². The summed E-state index contributed by atoms with van der Waals surface area (Å²) >= 11 is 4.41. The molecule has 3 heteroatoms. The molecular formula is C8H12O2S. The van der Waals surface area contributed by atoms with Crippen LogP contribution in [0.5, 0.6) is 0 Å². The molecule has 0 heterocycles. The summed E-state index contributed by atoms with van der Waals surface area (Å²) < 4.78 is 0. The van der Waals surface area contributed by atoms with Crippen molar-refractivity contribution in [1.82, 2.24) is 0 Å². The van der Waals surface area contributed by atoms with Crippen LogP contribution in [0.2, 0.25) is 0 Å². The minimum absolute atomic E-state index is 0.0524. The fraction of sp³-hybridized carbons (Fsp3) is 0.875. The molecule has 2 bridgehead atoms. The van der Waals surface area contributed by atoms with E-state index in [1.54, 1.807) is 0 Å². The number of hydrogen-bond acceptors (Lipinski definition) is 2. The minimum atomic E-state index is -0.599. The van der Waals surface area contributed by atoms with Crippen LogP contribution in [0.3, 0.4) is 0 Å². The molecule has 2 fully saturated rings. The second kappa shape index (κ2) is 2.41. The Hall–Kier alpha value is -0.180. The highest BCUT2D eigenvalue weighted by Gasteiger charge is 2.47. The number of fused-ring (bicyclic) bond motifs is 2. The molecule has 1 N–H and O–H groups in total. The molecular weight excluding hydrogens is 160 g/mol. The Morgan fingerprint density at radius 2 is 2.00 bits per heavy atom. The Kier molecular flexibility index (Phi) is 1.63. The van der Waals surface area contributed by atoms with Crippen LogP contribution in [0.1, 0.15) is 19.3 Å². The maximum atomic E-state index is 10.7. The Labute approximate surface area is 71.4 Å². The van der Waals surface area contributed by atoms with Crippen LogP contribution < -0.4 is 0 Å². The number of carboxylic acids is 1. The van der Waals surface area contributed by atoms with Gasteiger partial charge in [-0.1, -0.05) is 0 Å². The number of carbonyl (C=O) groups is 1. The summed E-state index contributed by atoms with van der Waals surface area (Å²) in [5.41, 5.74) is 0. The maximum Gasteiger partial charge on any atom is 0.306 e. The number of thiol groups is 1. The molecule has 4 unspecified atom stereocenters. The smallest absolute Gasteiger partial charge is 0.306 e. The summed E-state index contributed by atoms with van der Waals surface area (Å²) in [4.78, 5) is 10.7. The molecule has 0 amide bonds. The van der Waals surface area contributed by atoms with Crippen molar-refractivity contribution >= 4 is 18.6 Å². The average molecular weight is 172 g/mol. The molecule has 11 heavy (non-hydrogen) atoms. The molecule has 0 saturated heterocycles. The van der Waals surface area contributed by atoms with E-state index in [1.807, 2.05) is 0 Å². The quantitative estimate of drug-likeness (QED) is 0.587. The zero-order valence-corrected chi connectivity index (χ0v) is 7.13. The predicted octanol–water partition coefficient (Wildman–Crippen LogP) is 1.42. The summed E-state index contributed by atoms with van der Waals surface area (Å²) in [5, 5.41) is 9.28. The first-order valence-corrected chi connectivity index (χ1v) is 4.61. The normalized spacial score (nSPS) is 48.1. The van der Waals surface area contributed by atoms with Crippen molar-refractivity contribution in [2.24, 2.45) is 17.8 Å². The monoisotopic (exact) mass is 172 g/mol. The van der Waals surface area contributed by atoms with Gasteiger partial charge in [0.1, 0.15) is 0 Å². The zero-order valence-electron chi connectivity index (χ0n) is 6.23. The molecule has 2 saturated carbocycles. The van der Waals surface area contributed by atoms with E-state index in [4.69, 9.17) is 5.11 Å². The standard InChI is InChI=1S/C8H12O2S/c9-8(10)6-2-5-1-4(6)3-7(5)11/h4-7,11H,1-3H2,(H,9,10). The maximum absolute atomic E-state index is 10.7. The van der Waals surface area contributed by atoms with Crippen LogP contribution in [0.15, 0.2) is 0 Å².